The van der Waals surface area contributed by atoms with E-state index in [4.69, 9.17) is 0 Å². The second-order valence-corrected chi connectivity index (χ2v) is 8.88. The minimum atomic E-state index is -4.42. The first-order valence-electron chi connectivity index (χ1n) is 8.58. The van der Waals surface area contributed by atoms with Gasteiger partial charge in [0, 0.05) is 31.9 Å². The van der Waals surface area contributed by atoms with E-state index in [-0.39, 0.29) is 5.75 Å². The number of guanidine groups is 1. The average molecular weight is 450 g/mol. The van der Waals surface area contributed by atoms with Gasteiger partial charge in [-0.25, -0.2) is 18.1 Å². The van der Waals surface area contributed by atoms with Crippen LogP contribution in [-0.2, 0) is 34.9 Å². The third-order valence-electron chi connectivity index (χ3n) is 3.85. The molecule has 29 heavy (non-hydrogen) atoms. The maximum Gasteiger partial charge on any atom is 0.434 e. The summed E-state index contributed by atoms with van der Waals surface area (Å²) in [5.74, 6) is 0.409. The molecule has 2 aromatic rings. The molecule has 0 bridgehead atoms. The first-order valence-corrected chi connectivity index (χ1v) is 11.1. The van der Waals surface area contributed by atoms with Crippen LogP contribution in [0.4, 0.5) is 13.2 Å². The molecule has 160 valence electrons. The van der Waals surface area contributed by atoms with E-state index in [1.54, 1.807) is 19.2 Å². The van der Waals surface area contributed by atoms with Gasteiger partial charge in [-0.2, -0.15) is 13.2 Å². The molecule has 0 radical (unpaired) electrons. The lowest BCUT2D eigenvalue weighted by atomic mass is 10.1. The van der Waals surface area contributed by atoms with Gasteiger partial charge >= 0.3 is 6.18 Å². The highest BCUT2D eigenvalue weighted by Crippen LogP contribution is 2.29. The Morgan fingerprint density at radius 1 is 1.17 bits per heavy atom. The molecule has 0 saturated heterocycles. The van der Waals surface area contributed by atoms with Gasteiger partial charge in [0.15, 0.2) is 11.7 Å². The van der Waals surface area contributed by atoms with E-state index in [9.17, 15) is 21.6 Å². The summed E-state index contributed by atoms with van der Waals surface area (Å²) in [5.41, 5.74) is 0.728. The molecule has 0 amide bonds. The number of benzene rings is 1. The van der Waals surface area contributed by atoms with Crippen molar-refractivity contribution in [3.8, 4) is 0 Å². The smallest absolute Gasteiger partial charge is 0.356 e. The van der Waals surface area contributed by atoms with E-state index in [1.165, 1.54) is 7.05 Å². The number of hydrogen-bond acceptors (Lipinski definition) is 5. The van der Waals surface area contributed by atoms with E-state index in [0.29, 0.717) is 36.0 Å². The zero-order valence-corrected chi connectivity index (χ0v) is 17.5. The number of nitrogens with zero attached hydrogens (tertiary/aromatic N) is 2. The summed E-state index contributed by atoms with van der Waals surface area (Å²) in [6.45, 7) is 0.833. The molecule has 0 aliphatic rings. The molecule has 7 nitrogen and oxygen atoms in total. The van der Waals surface area contributed by atoms with Crippen molar-refractivity contribution in [1.82, 2.24) is 20.3 Å². The first kappa shape index (κ1) is 23.1. The van der Waals surface area contributed by atoms with Crippen molar-refractivity contribution >= 4 is 27.3 Å². The van der Waals surface area contributed by atoms with Gasteiger partial charge in [0.05, 0.1) is 10.8 Å². The molecule has 12 heteroatoms. The number of aromatic nitrogens is 1. The Hall–Kier alpha value is -2.18. The number of aliphatic imine (C=N–C) groups is 1. The molecule has 0 spiro atoms. The standard InChI is InChI=1S/C17H22F3N5O2S2/c1-21-16(23-8-7-15-25-14(10-28-15)17(18,19)20)24-9-12-3-5-13(6-4-12)11-29(26,27)22-2/h3-6,10,22H,7-9,11H2,1-2H3,(H2,21,23,24). The molecule has 1 heterocycles. The number of hydrogen-bond donors (Lipinski definition) is 3. The van der Waals surface area contributed by atoms with Crippen LogP contribution < -0.4 is 15.4 Å². The van der Waals surface area contributed by atoms with Crippen molar-refractivity contribution in [3.05, 3.63) is 51.5 Å². The molecule has 0 fully saturated rings. The van der Waals surface area contributed by atoms with Crippen LogP contribution >= 0.6 is 11.3 Å². The van der Waals surface area contributed by atoms with Crippen molar-refractivity contribution in [2.24, 2.45) is 4.99 Å². The Balaban J connectivity index is 1.79. The van der Waals surface area contributed by atoms with Gasteiger partial charge in [-0.3, -0.25) is 4.99 Å². The summed E-state index contributed by atoms with van der Waals surface area (Å²) in [4.78, 5) is 7.65. The highest BCUT2D eigenvalue weighted by molar-refractivity contribution is 7.88. The fraction of sp³-hybridized carbons (Fsp3) is 0.412. The molecule has 0 aliphatic heterocycles. The van der Waals surface area contributed by atoms with Crippen LogP contribution in [0.3, 0.4) is 0 Å². The van der Waals surface area contributed by atoms with Gasteiger partial charge in [0.25, 0.3) is 0 Å². The summed E-state index contributed by atoms with van der Waals surface area (Å²) < 4.78 is 63.1. The highest BCUT2D eigenvalue weighted by Gasteiger charge is 2.33. The Morgan fingerprint density at radius 2 is 1.83 bits per heavy atom. The van der Waals surface area contributed by atoms with E-state index in [2.05, 4.69) is 25.3 Å². The highest BCUT2D eigenvalue weighted by atomic mass is 32.2. The number of sulfonamides is 1. The van der Waals surface area contributed by atoms with Gasteiger partial charge in [-0.1, -0.05) is 24.3 Å². The van der Waals surface area contributed by atoms with Crippen molar-refractivity contribution in [2.75, 3.05) is 20.6 Å². The fourth-order valence-electron chi connectivity index (χ4n) is 2.30. The maximum atomic E-state index is 12.6. The quantitative estimate of drug-likeness (QED) is 0.424. The molecular weight excluding hydrogens is 427 g/mol. The van der Waals surface area contributed by atoms with Crippen LogP contribution in [0.1, 0.15) is 21.8 Å². The predicted octanol–water partition coefficient (Wildman–Crippen LogP) is 2.12. The second kappa shape index (κ2) is 10.0. The Morgan fingerprint density at radius 3 is 2.38 bits per heavy atom. The number of thiazole rings is 1. The largest absolute Gasteiger partial charge is 0.434 e. The van der Waals surface area contributed by atoms with E-state index in [1.807, 2.05) is 12.1 Å². The first-order chi connectivity index (χ1) is 13.6. The van der Waals surface area contributed by atoms with Gasteiger partial charge in [-0.15, -0.1) is 11.3 Å². The molecule has 3 N–H and O–H groups in total. The summed E-state index contributed by atoms with van der Waals surface area (Å²) in [6.07, 6.45) is -4.08. The fourth-order valence-corrected chi connectivity index (χ4v) is 3.88. The summed E-state index contributed by atoms with van der Waals surface area (Å²) in [6, 6.07) is 7.11. The van der Waals surface area contributed by atoms with Crippen LogP contribution in [0.2, 0.25) is 0 Å². The van der Waals surface area contributed by atoms with Crippen LogP contribution in [0.25, 0.3) is 0 Å². The normalized spacial score (nSPS) is 12.8. The van der Waals surface area contributed by atoms with Crippen molar-refractivity contribution in [1.29, 1.82) is 0 Å². The van der Waals surface area contributed by atoms with Crippen LogP contribution in [0.15, 0.2) is 34.6 Å². The molecule has 0 aliphatic carbocycles. The third kappa shape index (κ3) is 7.63. The lowest BCUT2D eigenvalue weighted by Crippen LogP contribution is -2.37. The SMILES string of the molecule is CN=C(NCCc1nc(C(F)(F)F)cs1)NCc1ccc(CS(=O)(=O)NC)cc1. The van der Waals surface area contributed by atoms with Gasteiger partial charge in [0.1, 0.15) is 0 Å². The zero-order valence-electron chi connectivity index (χ0n) is 15.9. The summed E-state index contributed by atoms with van der Waals surface area (Å²) >= 11 is 0.974. The van der Waals surface area contributed by atoms with Crippen molar-refractivity contribution in [3.63, 3.8) is 0 Å². The molecule has 0 unspecified atom stereocenters. The number of alkyl halides is 3. The summed E-state index contributed by atoms with van der Waals surface area (Å²) in [5, 5.41) is 7.52. The summed E-state index contributed by atoms with van der Waals surface area (Å²) in [7, 11) is -0.356. The molecule has 0 atom stereocenters. The van der Waals surface area contributed by atoms with E-state index < -0.39 is 21.9 Å². The minimum Gasteiger partial charge on any atom is -0.356 e. The topological polar surface area (TPSA) is 95.5 Å². The van der Waals surface area contributed by atoms with Crippen LogP contribution in [0, 0.1) is 0 Å². The number of halogens is 3. The molecular formula is C17H22F3N5O2S2. The van der Waals surface area contributed by atoms with Crippen LogP contribution in [-0.4, -0.2) is 40.0 Å². The number of nitrogens with one attached hydrogen (secondary N) is 3. The molecule has 0 saturated carbocycles. The lowest BCUT2D eigenvalue weighted by Gasteiger charge is -2.12. The predicted molar refractivity (Wildman–Crippen MR) is 107 cm³/mol. The van der Waals surface area contributed by atoms with Gasteiger partial charge in [0.2, 0.25) is 10.0 Å². The van der Waals surface area contributed by atoms with Crippen molar-refractivity contribution in [2.45, 2.75) is 24.9 Å². The Labute approximate surface area is 171 Å². The monoisotopic (exact) mass is 449 g/mol. The lowest BCUT2D eigenvalue weighted by molar-refractivity contribution is -0.140. The van der Waals surface area contributed by atoms with E-state index >= 15 is 0 Å². The maximum absolute atomic E-state index is 12.6. The molecule has 2 rings (SSSR count). The van der Waals surface area contributed by atoms with Crippen molar-refractivity contribution < 1.29 is 21.6 Å². The van der Waals surface area contributed by atoms with Crippen LogP contribution in [0.5, 0.6) is 0 Å². The van der Waals surface area contributed by atoms with Gasteiger partial charge < -0.3 is 10.6 Å². The Bertz CT molecular complexity index is 925. The second-order valence-electron chi connectivity index (χ2n) is 6.01. The average Bonchev–Trinajstić information content (AvgIpc) is 3.15. The van der Waals surface area contributed by atoms with Gasteiger partial charge in [-0.05, 0) is 18.2 Å². The Kier molecular flexibility index (Phi) is 7.99. The molecule has 1 aromatic heterocycles. The molecule has 1 aromatic carbocycles. The van der Waals surface area contributed by atoms with E-state index in [0.717, 1.165) is 22.3 Å². The minimum absolute atomic E-state index is 0.0900. The third-order valence-corrected chi connectivity index (χ3v) is 6.09. The number of rotatable bonds is 8. The zero-order chi connectivity index (χ0) is 21.5.